The van der Waals surface area contributed by atoms with Crippen molar-refractivity contribution in [1.82, 2.24) is 20.1 Å². The van der Waals surface area contributed by atoms with Crippen LogP contribution in [0.2, 0.25) is 0 Å². The fourth-order valence-electron chi connectivity index (χ4n) is 2.64. The fourth-order valence-corrected chi connectivity index (χ4v) is 2.64. The Kier molecular flexibility index (Phi) is 7.15. The Hall–Kier alpha value is -2.64. The molecule has 1 saturated heterocycles. The molecule has 0 unspecified atom stereocenters. The number of rotatable bonds is 5. The SMILES string of the molecule is CC(C)(C)OC(=O)N1CCN(C(=O)CCC(=O)NCc2cccnc2)CC1. The third-order valence-corrected chi connectivity index (χ3v) is 4.06. The molecule has 0 bridgehead atoms. The van der Waals surface area contributed by atoms with Crippen LogP contribution in [0.1, 0.15) is 39.2 Å². The summed E-state index contributed by atoms with van der Waals surface area (Å²) >= 11 is 0. The first-order chi connectivity index (χ1) is 12.7. The first-order valence-corrected chi connectivity index (χ1v) is 9.16. The number of nitrogens with zero attached hydrogens (tertiary/aromatic N) is 3. The van der Waals surface area contributed by atoms with Gasteiger partial charge in [0, 0.05) is 58.0 Å². The van der Waals surface area contributed by atoms with E-state index in [0.29, 0.717) is 32.7 Å². The largest absolute Gasteiger partial charge is 0.444 e. The Bertz CT molecular complexity index is 649. The maximum atomic E-state index is 12.3. The summed E-state index contributed by atoms with van der Waals surface area (Å²) in [4.78, 5) is 43.5. The van der Waals surface area contributed by atoms with Crippen LogP contribution >= 0.6 is 0 Å². The van der Waals surface area contributed by atoms with E-state index in [1.54, 1.807) is 22.2 Å². The van der Waals surface area contributed by atoms with Crippen LogP contribution in [0.15, 0.2) is 24.5 Å². The molecule has 1 aromatic heterocycles. The second-order valence-electron chi connectivity index (χ2n) is 7.49. The molecule has 1 N–H and O–H groups in total. The number of hydrogen-bond acceptors (Lipinski definition) is 5. The zero-order valence-electron chi connectivity index (χ0n) is 16.2. The van der Waals surface area contributed by atoms with E-state index in [1.807, 2.05) is 32.9 Å². The lowest BCUT2D eigenvalue weighted by Crippen LogP contribution is -2.51. The molecule has 1 aromatic rings. The Morgan fingerprint density at radius 3 is 2.37 bits per heavy atom. The number of amides is 3. The minimum Gasteiger partial charge on any atom is -0.444 e. The number of carbonyl (C=O) groups is 3. The second-order valence-corrected chi connectivity index (χ2v) is 7.49. The molecule has 2 rings (SSSR count). The molecule has 0 saturated carbocycles. The summed E-state index contributed by atoms with van der Waals surface area (Å²) in [6.45, 7) is 7.65. The summed E-state index contributed by atoms with van der Waals surface area (Å²) < 4.78 is 5.34. The van der Waals surface area contributed by atoms with E-state index in [2.05, 4.69) is 10.3 Å². The molecule has 2 heterocycles. The van der Waals surface area contributed by atoms with Crippen molar-refractivity contribution < 1.29 is 19.1 Å². The molecule has 27 heavy (non-hydrogen) atoms. The molecule has 1 aliphatic heterocycles. The van der Waals surface area contributed by atoms with Gasteiger partial charge in [-0.3, -0.25) is 14.6 Å². The van der Waals surface area contributed by atoms with Crippen molar-refractivity contribution in [2.24, 2.45) is 0 Å². The molecular formula is C19H28N4O4. The van der Waals surface area contributed by atoms with Gasteiger partial charge in [-0.25, -0.2) is 4.79 Å². The highest BCUT2D eigenvalue weighted by Gasteiger charge is 2.27. The standard InChI is InChI=1S/C19H28N4O4/c1-19(2,3)27-18(26)23-11-9-22(10-12-23)17(25)7-6-16(24)21-14-15-5-4-8-20-13-15/h4-5,8,13H,6-7,9-12,14H2,1-3H3,(H,21,24). The number of ether oxygens (including phenoxy) is 1. The summed E-state index contributed by atoms with van der Waals surface area (Å²) in [6, 6.07) is 3.69. The zero-order valence-corrected chi connectivity index (χ0v) is 16.2. The van der Waals surface area contributed by atoms with Gasteiger partial charge in [0.05, 0.1) is 0 Å². The van der Waals surface area contributed by atoms with Crippen LogP contribution in [-0.2, 0) is 20.9 Å². The topological polar surface area (TPSA) is 91.8 Å². The maximum Gasteiger partial charge on any atom is 0.410 e. The lowest BCUT2D eigenvalue weighted by Gasteiger charge is -2.35. The number of aromatic nitrogens is 1. The molecule has 0 spiro atoms. The number of pyridine rings is 1. The number of hydrogen-bond donors (Lipinski definition) is 1. The third kappa shape index (κ3) is 7.24. The molecule has 1 aliphatic rings. The molecule has 3 amide bonds. The first-order valence-electron chi connectivity index (χ1n) is 9.16. The molecular weight excluding hydrogens is 348 g/mol. The third-order valence-electron chi connectivity index (χ3n) is 4.06. The smallest absolute Gasteiger partial charge is 0.410 e. The van der Waals surface area contributed by atoms with Crippen LogP contribution < -0.4 is 5.32 Å². The summed E-state index contributed by atoms with van der Waals surface area (Å²) in [5.41, 5.74) is 0.378. The summed E-state index contributed by atoms with van der Waals surface area (Å²) in [7, 11) is 0. The van der Waals surface area contributed by atoms with Gasteiger partial charge in [0.15, 0.2) is 0 Å². The highest BCUT2D eigenvalue weighted by Crippen LogP contribution is 2.12. The average molecular weight is 376 g/mol. The number of piperazine rings is 1. The van der Waals surface area contributed by atoms with E-state index in [0.717, 1.165) is 5.56 Å². The Morgan fingerprint density at radius 2 is 1.78 bits per heavy atom. The van der Waals surface area contributed by atoms with Crippen molar-refractivity contribution in [3.05, 3.63) is 30.1 Å². The lowest BCUT2D eigenvalue weighted by atomic mass is 10.2. The van der Waals surface area contributed by atoms with Gasteiger partial charge in [-0.2, -0.15) is 0 Å². The zero-order chi connectivity index (χ0) is 19.9. The van der Waals surface area contributed by atoms with Crippen LogP contribution in [0.5, 0.6) is 0 Å². The predicted molar refractivity (Wildman–Crippen MR) is 99.7 cm³/mol. The van der Waals surface area contributed by atoms with Crippen molar-refractivity contribution in [2.75, 3.05) is 26.2 Å². The Morgan fingerprint density at radius 1 is 1.11 bits per heavy atom. The van der Waals surface area contributed by atoms with Crippen LogP contribution in [-0.4, -0.2) is 64.5 Å². The monoisotopic (exact) mass is 376 g/mol. The van der Waals surface area contributed by atoms with Crippen molar-refractivity contribution >= 4 is 17.9 Å². The molecule has 0 aliphatic carbocycles. The van der Waals surface area contributed by atoms with Crippen LogP contribution in [0.25, 0.3) is 0 Å². The quantitative estimate of drug-likeness (QED) is 0.842. The molecule has 1 fully saturated rings. The van der Waals surface area contributed by atoms with Gasteiger partial charge in [0.2, 0.25) is 11.8 Å². The van der Waals surface area contributed by atoms with Gasteiger partial charge in [-0.15, -0.1) is 0 Å². The van der Waals surface area contributed by atoms with Crippen molar-refractivity contribution in [3.63, 3.8) is 0 Å². The van der Waals surface area contributed by atoms with Gasteiger partial charge < -0.3 is 19.9 Å². The predicted octanol–water partition coefficient (Wildman–Crippen LogP) is 1.56. The van der Waals surface area contributed by atoms with Gasteiger partial charge in [-0.1, -0.05) is 6.07 Å². The van der Waals surface area contributed by atoms with E-state index < -0.39 is 5.60 Å². The Labute approximate surface area is 159 Å². The molecule has 0 radical (unpaired) electrons. The normalized spacial score (nSPS) is 14.6. The fraction of sp³-hybridized carbons (Fsp3) is 0.579. The van der Waals surface area contributed by atoms with E-state index in [4.69, 9.17) is 4.74 Å². The van der Waals surface area contributed by atoms with Crippen molar-refractivity contribution in [3.8, 4) is 0 Å². The molecule has 8 heteroatoms. The van der Waals surface area contributed by atoms with E-state index >= 15 is 0 Å². The van der Waals surface area contributed by atoms with Gasteiger partial charge in [-0.05, 0) is 32.4 Å². The minimum atomic E-state index is -0.535. The summed E-state index contributed by atoms with van der Waals surface area (Å²) in [5.74, 6) is -0.241. The minimum absolute atomic E-state index is 0.0737. The highest BCUT2D eigenvalue weighted by atomic mass is 16.6. The molecule has 0 aromatic carbocycles. The van der Waals surface area contributed by atoms with Gasteiger partial charge >= 0.3 is 6.09 Å². The molecule has 8 nitrogen and oxygen atoms in total. The molecule has 0 atom stereocenters. The number of carbonyl (C=O) groups excluding carboxylic acids is 3. The average Bonchev–Trinajstić information content (AvgIpc) is 2.64. The van der Waals surface area contributed by atoms with Crippen LogP contribution in [0.3, 0.4) is 0 Å². The van der Waals surface area contributed by atoms with E-state index in [9.17, 15) is 14.4 Å². The van der Waals surface area contributed by atoms with Gasteiger partial charge in [0.25, 0.3) is 0 Å². The lowest BCUT2D eigenvalue weighted by molar-refractivity contribution is -0.135. The maximum absolute atomic E-state index is 12.3. The molecule has 148 valence electrons. The van der Waals surface area contributed by atoms with E-state index in [1.165, 1.54) is 0 Å². The summed E-state index contributed by atoms with van der Waals surface area (Å²) in [6.07, 6.45) is 3.31. The van der Waals surface area contributed by atoms with E-state index in [-0.39, 0.29) is 30.7 Å². The van der Waals surface area contributed by atoms with Gasteiger partial charge in [0.1, 0.15) is 5.60 Å². The first kappa shape index (κ1) is 20.7. The van der Waals surface area contributed by atoms with Crippen LogP contribution in [0, 0.1) is 0 Å². The van der Waals surface area contributed by atoms with Crippen LogP contribution in [0.4, 0.5) is 4.79 Å². The highest BCUT2D eigenvalue weighted by molar-refractivity contribution is 5.84. The van der Waals surface area contributed by atoms with Crippen molar-refractivity contribution in [1.29, 1.82) is 0 Å². The number of nitrogens with one attached hydrogen (secondary N) is 1. The van der Waals surface area contributed by atoms with Crippen molar-refractivity contribution in [2.45, 2.75) is 45.8 Å². The second kappa shape index (κ2) is 9.34. The Balaban J connectivity index is 1.67. The summed E-state index contributed by atoms with van der Waals surface area (Å²) in [5, 5.41) is 2.78.